The van der Waals surface area contributed by atoms with Crippen molar-refractivity contribution in [2.75, 3.05) is 0 Å². The molecule has 0 bridgehead atoms. The van der Waals surface area contributed by atoms with Crippen LogP contribution in [0.5, 0.6) is 0 Å². The first-order valence-electron chi connectivity index (χ1n) is 6.26. The van der Waals surface area contributed by atoms with E-state index in [1.807, 2.05) is 59.6 Å². The number of pyridine rings is 1. The molecule has 0 radical (unpaired) electrons. The van der Waals surface area contributed by atoms with Crippen LogP contribution >= 0.6 is 0 Å². The van der Waals surface area contributed by atoms with Crippen molar-refractivity contribution in [3.05, 3.63) is 78.6 Å². The molecular weight excluding hydrogens is 232 g/mol. The lowest BCUT2D eigenvalue weighted by Crippen LogP contribution is -2.25. The highest BCUT2D eigenvalue weighted by molar-refractivity contribution is 5.94. The van der Waals surface area contributed by atoms with E-state index in [1.165, 1.54) is 10.8 Å². The highest BCUT2D eigenvalue weighted by atomic mass is 14.9. The highest BCUT2D eigenvalue weighted by Gasteiger charge is 2.05. The smallest absolute Gasteiger partial charge is 0.198 e. The van der Waals surface area contributed by atoms with E-state index in [9.17, 15) is 0 Å². The molecule has 0 atom stereocenters. The van der Waals surface area contributed by atoms with Gasteiger partial charge in [0.25, 0.3) is 0 Å². The van der Waals surface area contributed by atoms with Crippen molar-refractivity contribution >= 4 is 22.7 Å². The zero-order valence-electron chi connectivity index (χ0n) is 10.5. The molecule has 2 N–H and O–H groups in total. The number of rotatable bonds is 2. The molecule has 2 nitrogen and oxygen atoms in total. The van der Waals surface area contributed by atoms with Crippen molar-refractivity contribution < 1.29 is 4.57 Å². The van der Waals surface area contributed by atoms with Gasteiger partial charge in [0.15, 0.2) is 18.6 Å². The molecule has 0 saturated carbocycles. The second-order valence-electron chi connectivity index (χ2n) is 4.43. The van der Waals surface area contributed by atoms with Crippen LogP contribution in [0, 0.1) is 0 Å². The van der Waals surface area contributed by atoms with Gasteiger partial charge in [0.1, 0.15) is 5.70 Å². The van der Waals surface area contributed by atoms with E-state index in [4.69, 9.17) is 5.73 Å². The molecule has 0 fully saturated rings. The van der Waals surface area contributed by atoms with Gasteiger partial charge in [-0.25, -0.2) is 0 Å². The average Bonchev–Trinajstić information content (AvgIpc) is 2.47. The van der Waals surface area contributed by atoms with Gasteiger partial charge in [-0.05, 0) is 10.8 Å². The minimum Gasteiger partial charge on any atom is -0.393 e. The Kier molecular flexibility index (Phi) is 2.99. The molecule has 1 aromatic heterocycles. The van der Waals surface area contributed by atoms with Crippen molar-refractivity contribution in [2.45, 2.75) is 0 Å². The summed E-state index contributed by atoms with van der Waals surface area (Å²) in [5.74, 6) is 0. The third-order valence-corrected chi connectivity index (χ3v) is 3.13. The van der Waals surface area contributed by atoms with E-state index < -0.39 is 0 Å². The molecule has 0 aliphatic rings. The van der Waals surface area contributed by atoms with Gasteiger partial charge >= 0.3 is 0 Å². The van der Waals surface area contributed by atoms with Crippen LogP contribution < -0.4 is 10.3 Å². The third-order valence-electron chi connectivity index (χ3n) is 3.13. The molecule has 3 aromatic rings. The Morgan fingerprint density at radius 1 is 0.842 bits per heavy atom. The highest BCUT2D eigenvalue weighted by Crippen LogP contribution is 2.22. The van der Waals surface area contributed by atoms with Gasteiger partial charge in [-0.3, -0.25) is 0 Å². The normalized spacial score (nSPS) is 11.7. The zero-order chi connectivity index (χ0) is 13.1. The van der Waals surface area contributed by atoms with Gasteiger partial charge in [-0.2, -0.15) is 4.57 Å². The molecule has 0 spiro atoms. The number of nitrogens with zero attached hydrogens (tertiary/aromatic N) is 1. The number of hydrogen-bond acceptors (Lipinski definition) is 1. The number of aromatic nitrogens is 1. The predicted octanol–water partition coefficient (Wildman–Crippen LogP) is 3.04. The topological polar surface area (TPSA) is 29.9 Å². The minimum absolute atomic E-state index is 0.757. The second-order valence-corrected chi connectivity index (χ2v) is 4.43. The SMILES string of the molecule is NC(=C[n+]1ccccc1)c1cccc2ccccc12. The van der Waals surface area contributed by atoms with Crippen molar-refractivity contribution in [3.63, 3.8) is 0 Å². The summed E-state index contributed by atoms with van der Waals surface area (Å²) in [5, 5.41) is 2.38. The van der Waals surface area contributed by atoms with Gasteiger partial charge in [0, 0.05) is 17.7 Å². The lowest BCUT2D eigenvalue weighted by Gasteiger charge is -2.05. The molecule has 0 unspecified atom stereocenters. The van der Waals surface area contributed by atoms with Crippen LogP contribution in [0.1, 0.15) is 5.56 Å². The summed E-state index contributed by atoms with van der Waals surface area (Å²) >= 11 is 0. The Bertz CT molecular complexity index is 725. The maximum Gasteiger partial charge on any atom is 0.198 e. The van der Waals surface area contributed by atoms with E-state index in [2.05, 4.69) is 24.3 Å². The molecule has 0 aliphatic heterocycles. The van der Waals surface area contributed by atoms with Gasteiger partial charge in [-0.1, -0.05) is 48.5 Å². The Morgan fingerprint density at radius 2 is 1.58 bits per heavy atom. The van der Waals surface area contributed by atoms with Gasteiger partial charge in [0.2, 0.25) is 0 Å². The summed E-state index contributed by atoms with van der Waals surface area (Å²) in [6.45, 7) is 0. The first kappa shape index (κ1) is 11.5. The van der Waals surface area contributed by atoms with Crippen molar-refractivity contribution in [1.82, 2.24) is 0 Å². The van der Waals surface area contributed by atoms with Crippen LogP contribution in [0.2, 0.25) is 0 Å². The fourth-order valence-corrected chi connectivity index (χ4v) is 2.21. The summed E-state index contributed by atoms with van der Waals surface area (Å²) < 4.78 is 1.96. The van der Waals surface area contributed by atoms with Crippen molar-refractivity contribution in [2.24, 2.45) is 5.73 Å². The molecule has 0 saturated heterocycles. The molecule has 2 aromatic carbocycles. The predicted molar refractivity (Wildman–Crippen MR) is 78.9 cm³/mol. The Balaban J connectivity index is 2.12. The largest absolute Gasteiger partial charge is 0.393 e. The van der Waals surface area contributed by atoms with Gasteiger partial charge in [-0.15, -0.1) is 0 Å². The summed E-state index contributed by atoms with van der Waals surface area (Å²) in [7, 11) is 0. The second kappa shape index (κ2) is 4.94. The quantitative estimate of drug-likeness (QED) is 0.693. The molecular formula is C17H15N2+. The van der Waals surface area contributed by atoms with Crippen molar-refractivity contribution in [3.8, 4) is 0 Å². The van der Waals surface area contributed by atoms with E-state index in [0.717, 1.165) is 11.3 Å². The minimum atomic E-state index is 0.757. The lowest BCUT2D eigenvalue weighted by molar-refractivity contribution is -0.567. The Labute approximate surface area is 112 Å². The van der Waals surface area contributed by atoms with Gasteiger partial charge < -0.3 is 5.73 Å². The maximum absolute atomic E-state index is 6.23. The number of benzene rings is 2. The Hall–Kier alpha value is -2.61. The summed E-state index contributed by atoms with van der Waals surface area (Å²) in [5.41, 5.74) is 8.06. The Morgan fingerprint density at radius 3 is 2.42 bits per heavy atom. The average molecular weight is 247 g/mol. The van der Waals surface area contributed by atoms with Crippen LogP contribution in [0.4, 0.5) is 0 Å². The number of hydrogen-bond donors (Lipinski definition) is 1. The first-order chi connectivity index (χ1) is 9.34. The molecule has 2 heteroatoms. The lowest BCUT2D eigenvalue weighted by atomic mass is 10.0. The molecule has 92 valence electrons. The fourth-order valence-electron chi connectivity index (χ4n) is 2.21. The fraction of sp³-hybridized carbons (Fsp3) is 0. The monoisotopic (exact) mass is 247 g/mol. The van der Waals surface area contributed by atoms with E-state index >= 15 is 0 Å². The van der Waals surface area contributed by atoms with Crippen LogP contribution in [0.25, 0.3) is 22.7 Å². The van der Waals surface area contributed by atoms with E-state index in [-0.39, 0.29) is 0 Å². The van der Waals surface area contributed by atoms with Crippen LogP contribution in [-0.4, -0.2) is 0 Å². The first-order valence-corrected chi connectivity index (χ1v) is 6.26. The van der Waals surface area contributed by atoms with Crippen molar-refractivity contribution in [1.29, 1.82) is 0 Å². The molecule has 3 rings (SSSR count). The molecule has 1 heterocycles. The molecule has 0 amide bonds. The standard InChI is InChI=1S/C17H15N2/c18-17(13-19-11-4-1-5-12-19)16-10-6-8-14-7-2-3-9-15(14)16/h1-13H,18H2/q+1. The summed E-state index contributed by atoms with van der Waals surface area (Å²) in [6.07, 6.45) is 5.87. The third kappa shape index (κ3) is 2.33. The molecule has 0 aliphatic carbocycles. The number of nitrogens with two attached hydrogens (primary N) is 1. The van der Waals surface area contributed by atoms with E-state index in [1.54, 1.807) is 0 Å². The summed E-state index contributed by atoms with van der Waals surface area (Å²) in [6, 6.07) is 20.4. The summed E-state index contributed by atoms with van der Waals surface area (Å²) in [4.78, 5) is 0. The molecule has 19 heavy (non-hydrogen) atoms. The van der Waals surface area contributed by atoms with Crippen LogP contribution in [0.3, 0.4) is 0 Å². The van der Waals surface area contributed by atoms with Crippen LogP contribution in [0.15, 0.2) is 73.1 Å². The van der Waals surface area contributed by atoms with Crippen LogP contribution in [-0.2, 0) is 0 Å². The van der Waals surface area contributed by atoms with Gasteiger partial charge in [0.05, 0.1) is 0 Å². The zero-order valence-corrected chi connectivity index (χ0v) is 10.5. The number of fused-ring (bicyclic) bond motifs is 1. The maximum atomic E-state index is 6.23. The van der Waals surface area contributed by atoms with E-state index in [0.29, 0.717) is 0 Å².